The highest BCUT2D eigenvalue weighted by atomic mass is 32.2. The second-order valence-electron chi connectivity index (χ2n) is 7.67. The van der Waals surface area contributed by atoms with E-state index in [1.54, 1.807) is 14.2 Å². The van der Waals surface area contributed by atoms with Gasteiger partial charge in [0.2, 0.25) is 0 Å². The van der Waals surface area contributed by atoms with Crippen molar-refractivity contribution in [2.45, 2.75) is 29.8 Å². The van der Waals surface area contributed by atoms with Crippen molar-refractivity contribution >= 4 is 11.8 Å². The Kier molecular flexibility index (Phi) is 5.57. The fourth-order valence-corrected chi connectivity index (χ4v) is 5.58. The lowest BCUT2D eigenvalue weighted by atomic mass is 9.67. The van der Waals surface area contributed by atoms with Crippen molar-refractivity contribution in [3.63, 3.8) is 0 Å². The van der Waals surface area contributed by atoms with Gasteiger partial charge in [0, 0.05) is 22.0 Å². The predicted octanol–water partition coefficient (Wildman–Crippen LogP) is 5.39. The van der Waals surface area contributed by atoms with E-state index in [4.69, 9.17) is 9.47 Å². The molecule has 3 nitrogen and oxygen atoms in total. The zero-order chi connectivity index (χ0) is 20.4. The third kappa shape index (κ3) is 3.63. The largest absolute Gasteiger partial charge is 0.497 e. The normalized spacial score (nSPS) is 20.8. The standard InChI is InChI=1S/C25H26O3S/c1-25(19-8-10-20(27-2)11-9-19)16-29-23-14-21(28-3)12-13-22(23)24(25)18-6-4-17(15-26)5-7-18/h4-14,24,26H,15-16H2,1-3H3. The minimum Gasteiger partial charge on any atom is -0.497 e. The molecular weight excluding hydrogens is 380 g/mol. The van der Waals surface area contributed by atoms with Gasteiger partial charge in [0.25, 0.3) is 0 Å². The number of ether oxygens (including phenoxy) is 2. The molecule has 2 unspecified atom stereocenters. The van der Waals surface area contributed by atoms with Crippen molar-refractivity contribution in [3.05, 3.63) is 89.0 Å². The number of benzene rings is 3. The summed E-state index contributed by atoms with van der Waals surface area (Å²) >= 11 is 1.88. The van der Waals surface area contributed by atoms with Gasteiger partial charge in [-0.2, -0.15) is 0 Å². The molecule has 2 atom stereocenters. The Labute approximate surface area is 176 Å². The van der Waals surface area contributed by atoms with Crippen LogP contribution < -0.4 is 9.47 Å². The molecule has 3 aromatic carbocycles. The average molecular weight is 407 g/mol. The monoisotopic (exact) mass is 406 g/mol. The van der Waals surface area contributed by atoms with Crippen LogP contribution in [0.3, 0.4) is 0 Å². The zero-order valence-electron chi connectivity index (χ0n) is 17.0. The van der Waals surface area contributed by atoms with E-state index in [2.05, 4.69) is 43.3 Å². The number of methoxy groups -OCH3 is 2. The van der Waals surface area contributed by atoms with E-state index in [0.29, 0.717) is 0 Å². The number of thioether (sulfide) groups is 1. The highest BCUT2D eigenvalue weighted by molar-refractivity contribution is 7.99. The van der Waals surface area contributed by atoms with Crippen LogP contribution in [-0.4, -0.2) is 25.1 Å². The molecule has 0 spiro atoms. The predicted molar refractivity (Wildman–Crippen MR) is 118 cm³/mol. The zero-order valence-corrected chi connectivity index (χ0v) is 17.8. The number of rotatable bonds is 5. The van der Waals surface area contributed by atoms with Crippen LogP contribution in [-0.2, 0) is 12.0 Å². The maximum atomic E-state index is 9.46. The quantitative estimate of drug-likeness (QED) is 0.616. The lowest BCUT2D eigenvalue weighted by molar-refractivity contribution is 0.282. The fourth-order valence-electron chi connectivity index (χ4n) is 4.24. The van der Waals surface area contributed by atoms with Crippen molar-refractivity contribution in [2.24, 2.45) is 0 Å². The minimum atomic E-state index is -0.0841. The summed E-state index contributed by atoms with van der Waals surface area (Å²) in [6.45, 7) is 2.41. The SMILES string of the molecule is COc1ccc(C2(C)CSc3cc(OC)ccc3C2c2ccc(CO)cc2)cc1. The first-order valence-electron chi connectivity index (χ1n) is 9.74. The van der Waals surface area contributed by atoms with Crippen LogP contribution in [0, 0.1) is 0 Å². The maximum absolute atomic E-state index is 9.46. The molecule has 0 radical (unpaired) electrons. The fraction of sp³-hybridized carbons (Fsp3) is 0.280. The molecule has 0 aliphatic carbocycles. The first-order valence-corrected chi connectivity index (χ1v) is 10.7. The second kappa shape index (κ2) is 8.13. The summed E-state index contributed by atoms with van der Waals surface area (Å²) in [5, 5.41) is 9.46. The molecule has 29 heavy (non-hydrogen) atoms. The summed E-state index contributed by atoms with van der Waals surface area (Å²) in [4.78, 5) is 1.27. The van der Waals surface area contributed by atoms with Gasteiger partial charge in [0.1, 0.15) is 11.5 Å². The van der Waals surface area contributed by atoms with Crippen molar-refractivity contribution in [1.82, 2.24) is 0 Å². The molecule has 0 bridgehead atoms. The Balaban J connectivity index is 1.86. The van der Waals surface area contributed by atoms with Crippen LogP contribution >= 0.6 is 11.8 Å². The Hall–Kier alpha value is -2.43. The molecule has 0 saturated heterocycles. The highest BCUT2D eigenvalue weighted by Gasteiger charge is 2.42. The first-order chi connectivity index (χ1) is 14.1. The third-order valence-electron chi connectivity index (χ3n) is 5.94. The molecule has 1 aliphatic rings. The molecule has 150 valence electrons. The molecule has 0 amide bonds. The van der Waals surface area contributed by atoms with Crippen LogP contribution in [0.15, 0.2) is 71.6 Å². The van der Waals surface area contributed by atoms with Crippen molar-refractivity contribution < 1.29 is 14.6 Å². The van der Waals surface area contributed by atoms with Crippen LogP contribution in [0.2, 0.25) is 0 Å². The van der Waals surface area contributed by atoms with Gasteiger partial charge in [0.05, 0.1) is 20.8 Å². The average Bonchev–Trinajstić information content (AvgIpc) is 2.79. The molecule has 4 heteroatoms. The van der Waals surface area contributed by atoms with Crippen molar-refractivity contribution in [2.75, 3.05) is 20.0 Å². The van der Waals surface area contributed by atoms with E-state index >= 15 is 0 Å². The van der Waals surface area contributed by atoms with Crippen LogP contribution in [0.5, 0.6) is 11.5 Å². The lowest BCUT2D eigenvalue weighted by Gasteiger charge is -2.43. The Morgan fingerprint density at radius 1 is 0.931 bits per heavy atom. The number of hydrogen-bond donors (Lipinski definition) is 1. The molecular formula is C25H26O3S. The Morgan fingerprint density at radius 3 is 2.21 bits per heavy atom. The summed E-state index contributed by atoms with van der Waals surface area (Å²) in [7, 11) is 3.41. The number of fused-ring (bicyclic) bond motifs is 1. The van der Waals surface area contributed by atoms with Gasteiger partial charge >= 0.3 is 0 Å². The van der Waals surface area contributed by atoms with E-state index in [-0.39, 0.29) is 17.9 Å². The number of hydrogen-bond acceptors (Lipinski definition) is 4. The van der Waals surface area contributed by atoms with Gasteiger partial charge in [0.15, 0.2) is 0 Å². The van der Waals surface area contributed by atoms with Crippen LogP contribution in [0.25, 0.3) is 0 Å². The minimum absolute atomic E-state index is 0.0599. The Bertz CT molecular complexity index is 982. The van der Waals surface area contributed by atoms with E-state index < -0.39 is 0 Å². The van der Waals surface area contributed by atoms with Gasteiger partial charge in [-0.1, -0.05) is 49.4 Å². The van der Waals surface area contributed by atoms with E-state index in [1.807, 2.05) is 42.1 Å². The molecule has 4 rings (SSSR count). The van der Waals surface area contributed by atoms with Gasteiger partial charge < -0.3 is 14.6 Å². The smallest absolute Gasteiger partial charge is 0.119 e. The summed E-state index contributed by atoms with van der Waals surface area (Å²) < 4.78 is 10.8. The summed E-state index contributed by atoms with van der Waals surface area (Å²) in [6, 6.07) is 23.2. The molecule has 1 heterocycles. The molecule has 1 aliphatic heterocycles. The highest BCUT2D eigenvalue weighted by Crippen LogP contribution is 2.53. The van der Waals surface area contributed by atoms with E-state index in [0.717, 1.165) is 22.8 Å². The first kappa shape index (κ1) is 19.9. The van der Waals surface area contributed by atoms with Gasteiger partial charge in [-0.25, -0.2) is 0 Å². The summed E-state index contributed by atoms with van der Waals surface area (Å²) in [5.74, 6) is 2.92. The molecule has 3 aromatic rings. The third-order valence-corrected chi connectivity index (χ3v) is 7.35. The van der Waals surface area contributed by atoms with Crippen molar-refractivity contribution in [1.29, 1.82) is 0 Å². The second-order valence-corrected chi connectivity index (χ2v) is 8.69. The topological polar surface area (TPSA) is 38.7 Å². The molecule has 0 aromatic heterocycles. The Morgan fingerprint density at radius 2 is 1.59 bits per heavy atom. The number of aliphatic hydroxyl groups excluding tert-OH is 1. The van der Waals surface area contributed by atoms with Crippen LogP contribution in [0.4, 0.5) is 0 Å². The summed E-state index contributed by atoms with van der Waals surface area (Å²) in [5.41, 5.74) is 4.71. The summed E-state index contributed by atoms with van der Waals surface area (Å²) in [6.07, 6.45) is 0. The van der Waals surface area contributed by atoms with Crippen molar-refractivity contribution in [3.8, 4) is 11.5 Å². The van der Waals surface area contributed by atoms with Gasteiger partial charge in [-0.05, 0) is 46.5 Å². The molecule has 0 fully saturated rings. The molecule has 0 saturated carbocycles. The lowest BCUT2D eigenvalue weighted by Crippen LogP contribution is -2.36. The van der Waals surface area contributed by atoms with Crippen LogP contribution in [0.1, 0.15) is 35.1 Å². The molecule has 1 N–H and O–H groups in total. The van der Waals surface area contributed by atoms with Gasteiger partial charge in [-0.3, -0.25) is 0 Å². The number of aliphatic hydroxyl groups is 1. The van der Waals surface area contributed by atoms with E-state index in [9.17, 15) is 5.11 Å². The maximum Gasteiger partial charge on any atom is 0.119 e. The van der Waals surface area contributed by atoms with Gasteiger partial charge in [-0.15, -0.1) is 11.8 Å². The van der Waals surface area contributed by atoms with E-state index in [1.165, 1.54) is 21.6 Å².